The number of nitrogens with zero attached hydrogens (tertiary/aromatic N) is 5. The van der Waals surface area contributed by atoms with Crippen LogP contribution in [-0.4, -0.2) is 30.2 Å². The molecule has 21 heavy (non-hydrogen) atoms. The summed E-state index contributed by atoms with van der Waals surface area (Å²) in [4.78, 5) is 4.14. The van der Waals surface area contributed by atoms with Gasteiger partial charge in [-0.2, -0.15) is 5.21 Å². The van der Waals surface area contributed by atoms with Crippen molar-refractivity contribution < 1.29 is 0 Å². The molecule has 1 N–H and O–H groups in total. The highest BCUT2D eigenvalue weighted by Gasteiger charge is 2.04. The Morgan fingerprint density at radius 3 is 2.76 bits per heavy atom. The molecular weight excluding hydrogens is 264 g/mol. The minimum atomic E-state index is 0.610. The molecule has 0 atom stereocenters. The predicted octanol–water partition coefficient (Wildman–Crippen LogP) is 2.26. The van der Waals surface area contributed by atoms with Crippen molar-refractivity contribution in [1.82, 2.24) is 30.2 Å². The van der Waals surface area contributed by atoms with E-state index in [4.69, 9.17) is 0 Å². The number of hydrogen-bond acceptors (Lipinski definition) is 4. The number of fused-ring (bicyclic) bond motifs is 1. The Hall–Kier alpha value is -3.02. The van der Waals surface area contributed by atoms with Gasteiger partial charge < -0.3 is 4.57 Å². The molecular formula is C15H12N6. The number of tetrazole rings is 1. The summed E-state index contributed by atoms with van der Waals surface area (Å²) in [5.74, 6) is 0.610. The largest absolute Gasteiger partial charge is 0.343 e. The Kier molecular flexibility index (Phi) is 2.71. The van der Waals surface area contributed by atoms with Crippen LogP contribution in [0.5, 0.6) is 0 Å². The molecule has 1 aromatic carbocycles. The average molecular weight is 276 g/mol. The quantitative estimate of drug-likeness (QED) is 0.623. The fourth-order valence-electron chi connectivity index (χ4n) is 2.42. The van der Waals surface area contributed by atoms with Gasteiger partial charge in [0.05, 0.1) is 5.52 Å². The Morgan fingerprint density at radius 2 is 1.95 bits per heavy atom. The second-order valence-electron chi connectivity index (χ2n) is 4.81. The van der Waals surface area contributed by atoms with E-state index in [0.717, 1.165) is 17.5 Å². The van der Waals surface area contributed by atoms with Gasteiger partial charge in [-0.1, -0.05) is 24.3 Å². The highest BCUT2D eigenvalue weighted by Crippen LogP contribution is 2.18. The summed E-state index contributed by atoms with van der Waals surface area (Å²) in [5.41, 5.74) is 3.36. The Morgan fingerprint density at radius 1 is 1.05 bits per heavy atom. The van der Waals surface area contributed by atoms with E-state index in [1.54, 1.807) is 0 Å². The zero-order chi connectivity index (χ0) is 14.1. The van der Waals surface area contributed by atoms with E-state index in [1.807, 2.05) is 30.6 Å². The van der Waals surface area contributed by atoms with Gasteiger partial charge in [-0.3, -0.25) is 4.98 Å². The lowest BCUT2D eigenvalue weighted by atomic mass is 10.1. The van der Waals surface area contributed by atoms with Gasteiger partial charge in [0.15, 0.2) is 0 Å². The Bertz CT molecular complexity index is 861. The predicted molar refractivity (Wildman–Crippen MR) is 78.4 cm³/mol. The van der Waals surface area contributed by atoms with E-state index in [-0.39, 0.29) is 0 Å². The van der Waals surface area contributed by atoms with Crippen molar-refractivity contribution in [2.45, 2.75) is 6.54 Å². The molecule has 102 valence electrons. The summed E-state index contributed by atoms with van der Waals surface area (Å²) in [6.07, 6.45) is 5.78. The molecule has 6 nitrogen and oxygen atoms in total. The molecule has 0 aliphatic rings. The SMILES string of the molecule is c1cc2c(ccn2Cc2ccc(-c3nn[nH]n3)cc2)cn1. The van der Waals surface area contributed by atoms with E-state index >= 15 is 0 Å². The van der Waals surface area contributed by atoms with E-state index in [2.05, 4.69) is 54.6 Å². The first-order chi connectivity index (χ1) is 10.4. The van der Waals surface area contributed by atoms with Crippen molar-refractivity contribution in [3.63, 3.8) is 0 Å². The third kappa shape index (κ3) is 2.16. The maximum atomic E-state index is 4.14. The van der Waals surface area contributed by atoms with Gasteiger partial charge in [-0.15, -0.1) is 10.2 Å². The lowest BCUT2D eigenvalue weighted by Crippen LogP contribution is -1.97. The summed E-state index contributed by atoms with van der Waals surface area (Å²) in [6, 6.07) is 12.3. The van der Waals surface area contributed by atoms with Crippen LogP contribution in [0.1, 0.15) is 5.56 Å². The molecule has 0 aliphatic heterocycles. The number of rotatable bonds is 3. The molecule has 6 heteroatoms. The van der Waals surface area contributed by atoms with Crippen LogP contribution in [0.3, 0.4) is 0 Å². The molecule has 0 bridgehead atoms. The van der Waals surface area contributed by atoms with Crippen LogP contribution in [0.15, 0.2) is 55.0 Å². The van der Waals surface area contributed by atoms with Crippen molar-refractivity contribution in [3.05, 3.63) is 60.6 Å². The maximum absolute atomic E-state index is 4.14. The average Bonchev–Trinajstić information content (AvgIpc) is 3.19. The fraction of sp³-hybridized carbons (Fsp3) is 0.0667. The summed E-state index contributed by atoms with van der Waals surface area (Å²) >= 11 is 0. The number of aromatic amines is 1. The fourth-order valence-corrected chi connectivity index (χ4v) is 2.42. The molecule has 0 unspecified atom stereocenters. The lowest BCUT2D eigenvalue weighted by Gasteiger charge is -2.06. The first-order valence-electron chi connectivity index (χ1n) is 6.62. The molecule has 0 aliphatic carbocycles. The molecule has 0 spiro atoms. The van der Waals surface area contributed by atoms with E-state index in [9.17, 15) is 0 Å². The topological polar surface area (TPSA) is 72.3 Å². The first-order valence-corrected chi connectivity index (χ1v) is 6.62. The molecule has 0 amide bonds. The Labute approximate surface area is 120 Å². The molecule has 0 fully saturated rings. The van der Waals surface area contributed by atoms with Gasteiger partial charge in [-0.25, -0.2) is 0 Å². The second kappa shape index (κ2) is 4.82. The van der Waals surface area contributed by atoms with Crippen molar-refractivity contribution in [1.29, 1.82) is 0 Å². The van der Waals surface area contributed by atoms with Crippen LogP contribution in [0.25, 0.3) is 22.3 Å². The second-order valence-corrected chi connectivity index (χ2v) is 4.81. The van der Waals surface area contributed by atoms with Crippen molar-refractivity contribution in [2.75, 3.05) is 0 Å². The minimum Gasteiger partial charge on any atom is -0.343 e. The summed E-state index contributed by atoms with van der Waals surface area (Å²) < 4.78 is 2.21. The summed E-state index contributed by atoms with van der Waals surface area (Å²) in [7, 11) is 0. The van der Waals surface area contributed by atoms with Crippen molar-refractivity contribution >= 4 is 10.9 Å². The van der Waals surface area contributed by atoms with Crippen LogP contribution >= 0.6 is 0 Å². The van der Waals surface area contributed by atoms with Crippen molar-refractivity contribution in [3.8, 4) is 11.4 Å². The summed E-state index contributed by atoms with van der Waals surface area (Å²) in [6.45, 7) is 0.819. The smallest absolute Gasteiger partial charge is 0.204 e. The minimum absolute atomic E-state index is 0.610. The maximum Gasteiger partial charge on any atom is 0.204 e. The monoisotopic (exact) mass is 276 g/mol. The molecule has 3 heterocycles. The van der Waals surface area contributed by atoms with Gasteiger partial charge in [-0.05, 0) is 22.9 Å². The first kappa shape index (κ1) is 11.8. The molecule has 0 radical (unpaired) electrons. The zero-order valence-electron chi connectivity index (χ0n) is 11.1. The van der Waals surface area contributed by atoms with E-state index < -0.39 is 0 Å². The van der Waals surface area contributed by atoms with Gasteiger partial charge in [0.25, 0.3) is 0 Å². The molecule has 4 aromatic rings. The third-order valence-corrected chi connectivity index (χ3v) is 3.48. The van der Waals surface area contributed by atoms with E-state index in [1.165, 1.54) is 11.1 Å². The number of H-pyrrole nitrogens is 1. The van der Waals surface area contributed by atoms with Crippen LogP contribution < -0.4 is 0 Å². The van der Waals surface area contributed by atoms with Gasteiger partial charge in [0.2, 0.25) is 5.82 Å². The Balaban J connectivity index is 1.63. The lowest BCUT2D eigenvalue weighted by molar-refractivity contribution is 0.836. The van der Waals surface area contributed by atoms with E-state index in [0.29, 0.717) is 5.82 Å². The zero-order valence-corrected chi connectivity index (χ0v) is 11.1. The van der Waals surface area contributed by atoms with Crippen LogP contribution in [0, 0.1) is 0 Å². The third-order valence-electron chi connectivity index (χ3n) is 3.48. The van der Waals surface area contributed by atoms with Gasteiger partial charge in [0, 0.05) is 36.1 Å². The molecule has 0 saturated heterocycles. The highest BCUT2D eigenvalue weighted by atomic mass is 15.5. The highest BCUT2D eigenvalue weighted by molar-refractivity contribution is 5.78. The van der Waals surface area contributed by atoms with Gasteiger partial charge >= 0.3 is 0 Å². The van der Waals surface area contributed by atoms with Crippen LogP contribution in [0.4, 0.5) is 0 Å². The standard InChI is InChI=1S/C15H12N6/c1-3-12(15-17-19-20-18-15)4-2-11(1)10-21-8-6-13-9-16-7-5-14(13)21/h1-9H,10H2,(H,17,18,19,20). The molecule has 3 aromatic heterocycles. The number of benzene rings is 1. The molecule has 4 rings (SSSR count). The number of hydrogen-bond donors (Lipinski definition) is 1. The van der Waals surface area contributed by atoms with Crippen LogP contribution in [0.2, 0.25) is 0 Å². The molecule has 0 saturated carbocycles. The normalized spacial score (nSPS) is 11.0. The number of nitrogens with one attached hydrogen (secondary N) is 1. The number of pyridine rings is 1. The van der Waals surface area contributed by atoms with Crippen LogP contribution in [-0.2, 0) is 6.54 Å². The number of aromatic nitrogens is 6. The van der Waals surface area contributed by atoms with Crippen molar-refractivity contribution in [2.24, 2.45) is 0 Å². The van der Waals surface area contributed by atoms with Gasteiger partial charge in [0.1, 0.15) is 0 Å². The summed E-state index contributed by atoms with van der Waals surface area (Å²) in [5, 5.41) is 15.1.